The molecule has 5 nitrogen and oxygen atoms in total. The van der Waals surface area contributed by atoms with Crippen LogP contribution in [0.4, 0.5) is 0 Å². The Morgan fingerprint density at radius 3 is 2.45 bits per heavy atom. The van der Waals surface area contributed by atoms with Crippen LogP contribution in [0.5, 0.6) is 0 Å². The van der Waals surface area contributed by atoms with Gasteiger partial charge < -0.3 is 10.3 Å². The lowest BCUT2D eigenvalue weighted by Crippen LogP contribution is -2.52. The molecule has 1 fully saturated rings. The molecular weight excluding hydrogens is 274 g/mol. The third-order valence-electron chi connectivity index (χ3n) is 4.32. The van der Waals surface area contributed by atoms with E-state index in [9.17, 15) is 8.42 Å². The van der Waals surface area contributed by atoms with Gasteiger partial charge in [0.1, 0.15) is 0 Å². The normalized spacial score (nSPS) is 18.2. The molecule has 0 radical (unpaired) electrons. The lowest BCUT2D eigenvalue weighted by Gasteiger charge is -2.41. The molecule has 1 aromatic heterocycles. The van der Waals surface area contributed by atoms with E-state index in [-0.39, 0.29) is 11.6 Å². The van der Waals surface area contributed by atoms with E-state index in [1.165, 1.54) is 0 Å². The number of sulfonamides is 1. The van der Waals surface area contributed by atoms with Gasteiger partial charge in [0.25, 0.3) is 0 Å². The molecule has 1 heterocycles. The molecule has 1 aliphatic rings. The van der Waals surface area contributed by atoms with Crippen LogP contribution in [0.2, 0.25) is 0 Å². The second-order valence-electron chi connectivity index (χ2n) is 5.97. The molecule has 0 atom stereocenters. The first-order valence-corrected chi connectivity index (χ1v) is 8.77. The predicted molar refractivity (Wildman–Crippen MR) is 79.9 cm³/mol. The Balaban J connectivity index is 2.30. The fourth-order valence-corrected chi connectivity index (χ4v) is 4.34. The van der Waals surface area contributed by atoms with Crippen LogP contribution in [0.25, 0.3) is 0 Å². The van der Waals surface area contributed by atoms with E-state index in [1.54, 1.807) is 12.3 Å². The molecule has 0 aromatic carbocycles. The molecule has 0 bridgehead atoms. The molecule has 2 rings (SSSR count). The Hall–Kier alpha value is -0.850. The maximum Gasteiger partial charge on any atom is 0.242 e. The van der Waals surface area contributed by atoms with Crippen molar-refractivity contribution in [1.29, 1.82) is 0 Å². The molecule has 1 saturated carbocycles. The summed E-state index contributed by atoms with van der Waals surface area (Å²) in [5.41, 5.74) is 6.31. The molecule has 0 spiro atoms. The first kappa shape index (κ1) is 15.5. The summed E-state index contributed by atoms with van der Waals surface area (Å²) in [4.78, 5) is 0.325. The number of aromatic nitrogens is 1. The smallest absolute Gasteiger partial charge is 0.242 e. The van der Waals surface area contributed by atoms with Gasteiger partial charge in [0.2, 0.25) is 10.0 Å². The second-order valence-corrected chi connectivity index (χ2v) is 7.65. The average Bonchev–Trinajstić information content (AvgIpc) is 2.79. The molecular formula is C14H25N3O2S. The SMILES string of the molecule is CCC1(NS(=O)(=O)c2cc(CN)n(C(C)C)c2)CCC1. The van der Waals surface area contributed by atoms with E-state index in [4.69, 9.17) is 5.73 Å². The van der Waals surface area contributed by atoms with Gasteiger partial charge in [0, 0.05) is 30.0 Å². The lowest BCUT2D eigenvalue weighted by molar-refractivity contribution is 0.214. The minimum absolute atomic E-state index is 0.196. The van der Waals surface area contributed by atoms with Crippen LogP contribution in [0.15, 0.2) is 17.2 Å². The summed E-state index contributed by atoms with van der Waals surface area (Å²) in [5, 5.41) is 0. The Labute approximate surface area is 121 Å². The fraction of sp³-hybridized carbons (Fsp3) is 0.714. The minimum atomic E-state index is -3.46. The number of nitrogens with two attached hydrogens (primary N) is 1. The van der Waals surface area contributed by atoms with Crippen molar-refractivity contribution >= 4 is 10.0 Å². The molecule has 0 aliphatic heterocycles. The van der Waals surface area contributed by atoms with Crippen LogP contribution in [-0.2, 0) is 16.6 Å². The third kappa shape index (κ3) is 2.77. The summed E-state index contributed by atoms with van der Waals surface area (Å²) >= 11 is 0. The summed E-state index contributed by atoms with van der Waals surface area (Å²) in [6.07, 6.45) is 5.48. The van der Waals surface area contributed by atoms with E-state index in [0.29, 0.717) is 11.4 Å². The average molecular weight is 299 g/mol. The summed E-state index contributed by atoms with van der Waals surface area (Å²) in [6, 6.07) is 1.88. The van der Waals surface area contributed by atoms with E-state index >= 15 is 0 Å². The van der Waals surface area contributed by atoms with Gasteiger partial charge in [-0.25, -0.2) is 13.1 Å². The number of rotatable bonds is 6. The minimum Gasteiger partial charge on any atom is -0.346 e. The molecule has 6 heteroatoms. The van der Waals surface area contributed by atoms with Gasteiger partial charge in [-0.3, -0.25) is 0 Å². The zero-order chi connectivity index (χ0) is 15.0. The molecule has 1 aliphatic carbocycles. The summed E-state index contributed by atoms with van der Waals surface area (Å²) < 4.78 is 29.9. The second kappa shape index (κ2) is 5.50. The van der Waals surface area contributed by atoms with Crippen molar-refractivity contribution in [3.63, 3.8) is 0 Å². The molecule has 3 N–H and O–H groups in total. The van der Waals surface area contributed by atoms with Crippen molar-refractivity contribution in [2.45, 2.75) is 69.5 Å². The summed E-state index contributed by atoms with van der Waals surface area (Å²) in [6.45, 7) is 6.41. The zero-order valence-corrected chi connectivity index (χ0v) is 13.3. The van der Waals surface area contributed by atoms with E-state index in [1.807, 2.05) is 25.3 Å². The molecule has 114 valence electrons. The van der Waals surface area contributed by atoms with Gasteiger partial charge in [-0.1, -0.05) is 6.92 Å². The third-order valence-corrected chi connectivity index (χ3v) is 5.87. The Kier molecular flexibility index (Phi) is 4.27. The lowest BCUT2D eigenvalue weighted by atomic mass is 9.76. The van der Waals surface area contributed by atoms with Gasteiger partial charge in [-0.15, -0.1) is 0 Å². The molecule has 0 amide bonds. The predicted octanol–water partition coefficient (Wildman–Crippen LogP) is 2.14. The monoisotopic (exact) mass is 299 g/mol. The number of nitrogens with one attached hydrogen (secondary N) is 1. The highest BCUT2D eigenvalue weighted by Crippen LogP contribution is 2.36. The van der Waals surface area contributed by atoms with E-state index in [2.05, 4.69) is 4.72 Å². The van der Waals surface area contributed by atoms with Crippen molar-refractivity contribution < 1.29 is 8.42 Å². The van der Waals surface area contributed by atoms with Crippen LogP contribution in [0, 0.1) is 0 Å². The van der Waals surface area contributed by atoms with Crippen LogP contribution >= 0.6 is 0 Å². The first-order chi connectivity index (χ1) is 9.33. The summed E-state index contributed by atoms with van der Waals surface area (Å²) in [7, 11) is -3.46. The van der Waals surface area contributed by atoms with Crippen molar-refractivity contribution in [2.75, 3.05) is 0 Å². The highest BCUT2D eigenvalue weighted by Gasteiger charge is 2.39. The number of nitrogens with zero attached hydrogens (tertiary/aromatic N) is 1. The topological polar surface area (TPSA) is 77.1 Å². The first-order valence-electron chi connectivity index (χ1n) is 7.28. The molecule has 0 unspecified atom stereocenters. The van der Waals surface area contributed by atoms with Gasteiger partial charge in [-0.05, 0) is 45.6 Å². The molecule has 20 heavy (non-hydrogen) atoms. The molecule has 1 aromatic rings. The fourth-order valence-electron chi connectivity index (χ4n) is 2.76. The Bertz CT molecular complexity index is 566. The van der Waals surface area contributed by atoms with Crippen molar-refractivity contribution in [1.82, 2.24) is 9.29 Å². The quantitative estimate of drug-likeness (QED) is 0.845. The van der Waals surface area contributed by atoms with E-state index < -0.39 is 10.0 Å². The number of hydrogen-bond acceptors (Lipinski definition) is 3. The maximum absolute atomic E-state index is 12.5. The number of hydrogen-bond donors (Lipinski definition) is 2. The standard InChI is InChI=1S/C14H25N3O2S/c1-4-14(6-5-7-14)16-20(18,19)13-8-12(9-15)17(10-13)11(2)3/h8,10-11,16H,4-7,9,15H2,1-3H3. The van der Waals surface area contributed by atoms with Crippen LogP contribution in [-0.4, -0.2) is 18.5 Å². The Morgan fingerprint density at radius 2 is 2.10 bits per heavy atom. The van der Waals surface area contributed by atoms with Crippen molar-refractivity contribution in [2.24, 2.45) is 5.73 Å². The van der Waals surface area contributed by atoms with Gasteiger partial charge in [0.05, 0.1) is 4.90 Å². The van der Waals surface area contributed by atoms with Crippen LogP contribution < -0.4 is 10.5 Å². The molecule has 0 saturated heterocycles. The van der Waals surface area contributed by atoms with Crippen molar-refractivity contribution in [3.05, 3.63) is 18.0 Å². The van der Waals surface area contributed by atoms with Crippen LogP contribution in [0.1, 0.15) is 58.2 Å². The van der Waals surface area contributed by atoms with Crippen LogP contribution in [0.3, 0.4) is 0 Å². The summed E-state index contributed by atoms with van der Waals surface area (Å²) in [5.74, 6) is 0. The highest BCUT2D eigenvalue weighted by molar-refractivity contribution is 7.89. The van der Waals surface area contributed by atoms with Gasteiger partial charge >= 0.3 is 0 Å². The largest absolute Gasteiger partial charge is 0.346 e. The van der Waals surface area contributed by atoms with E-state index in [0.717, 1.165) is 31.4 Å². The van der Waals surface area contributed by atoms with Gasteiger partial charge in [-0.2, -0.15) is 0 Å². The maximum atomic E-state index is 12.5. The zero-order valence-electron chi connectivity index (χ0n) is 12.5. The van der Waals surface area contributed by atoms with Crippen molar-refractivity contribution in [3.8, 4) is 0 Å². The Morgan fingerprint density at radius 1 is 1.45 bits per heavy atom. The highest BCUT2D eigenvalue weighted by atomic mass is 32.2. The van der Waals surface area contributed by atoms with Gasteiger partial charge in [0.15, 0.2) is 0 Å².